The van der Waals surface area contributed by atoms with Crippen LogP contribution in [-0.4, -0.2) is 67.9 Å². The lowest BCUT2D eigenvalue weighted by Gasteiger charge is -2.34. The Morgan fingerprint density at radius 2 is 2.00 bits per heavy atom. The zero-order valence-electron chi connectivity index (χ0n) is 13.4. The molecule has 6 nitrogen and oxygen atoms in total. The van der Waals surface area contributed by atoms with Crippen LogP contribution >= 0.6 is 0 Å². The lowest BCUT2D eigenvalue weighted by Crippen LogP contribution is -2.46. The molecule has 1 rings (SSSR count). The van der Waals surface area contributed by atoms with Gasteiger partial charge in [-0.05, 0) is 38.8 Å². The summed E-state index contributed by atoms with van der Waals surface area (Å²) in [6, 6.07) is 0. The van der Waals surface area contributed by atoms with Gasteiger partial charge in [0.05, 0.1) is 13.1 Å². The monoisotopic (exact) mass is 298 g/mol. The van der Waals surface area contributed by atoms with E-state index in [1.807, 2.05) is 4.90 Å². The van der Waals surface area contributed by atoms with Crippen LogP contribution in [0, 0.1) is 5.92 Å². The van der Waals surface area contributed by atoms with E-state index in [1.54, 1.807) is 0 Å². The SMILES string of the molecule is CCCCN(C)CC1CCN(C(=O)CNC(=O)CN)CC1. The first-order valence-electron chi connectivity index (χ1n) is 7.99. The average molecular weight is 298 g/mol. The minimum absolute atomic E-state index is 0.00501. The summed E-state index contributed by atoms with van der Waals surface area (Å²) in [5.74, 6) is 0.389. The number of amides is 2. The molecule has 0 unspecified atom stereocenters. The average Bonchev–Trinajstić information content (AvgIpc) is 2.50. The number of hydrogen-bond donors (Lipinski definition) is 2. The summed E-state index contributed by atoms with van der Waals surface area (Å²) in [7, 11) is 2.18. The predicted molar refractivity (Wildman–Crippen MR) is 83.8 cm³/mol. The van der Waals surface area contributed by atoms with E-state index in [2.05, 4.69) is 24.2 Å². The summed E-state index contributed by atoms with van der Waals surface area (Å²) < 4.78 is 0. The van der Waals surface area contributed by atoms with E-state index in [0.29, 0.717) is 5.92 Å². The zero-order valence-corrected chi connectivity index (χ0v) is 13.4. The van der Waals surface area contributed by atoms with Gasteiger partial charge in [-0.1, -0.05) is 13.3 Å². The van der Waals surface area contributed by atoms with E-state index in [1.165, 1.54) is 12.8 Å². The Morgan fingerprint density at radius 1 is 1.33 bits per heavy atom. The summed E-state index contributed by atoms with van der Waals surface area (Å²) in [4.78, 5) is 27.2. The van der Waals surface area contributed by atoms with Crippen molar-refractivity contribution in [3.8, 4) is 0 Å². The molecule has 1 aliphatic rings. The van der Waals surface area contributed by atoms with Crippen LogP contribution in [-0.2, 0) is 9.59 Å². The fourth-order valence-electron chi connectivity index (χ4n) is 2.68. The topological polar surface area (TPSA) is 78.7 Å². The molecule has 21 heavy (non-hydrogen) atoms. The molecule has 3 N–H and O–H groups in total. The standard InChI is InChI=1S/C15H30N4O2/c1-3-4-7-18(2)12-13-5-8-19(9-6-13)15(21)11-17-14(20)10-16/h13H,3-12,16H2,1-2H3,(H,17,20). The second kappa shape index (κ2) is 9.73. The molecule has 1 fully saturated rings. The summed E-state index contributed by atoms with van der Waals surface area (Å²) >= 11 is 0. The van der Waals surface area contributed by atoms with Gasteiger partial charge in [0.1, 0.15) is 0 Å². The maximum atomic E-state index is 11.9. The number of hydrogen-bond acceptors (Lipinski definition) is 4. The Bertz CT molecular complexity index is 328. The first-order chi connectivity index (χ1) is 10.1. The van der Waals surface area contributed by atoms with Crippen molar-refractivity contribution >= 4 is 11.8 Å². The molecule has 0 radical (unpaired) electrons. The van der Waals surface area contributed by atoms with Crippen LogP contribution in [0.2, 0.25) is 0 Å². The van der Waals surface area contributed by atoms with Crippen LogP contribution in [0.4, 0.5) is 0 Å². The molecule has 0 atom stereocenters. The first kappa shape index (κ1) is 17.9. The van der Waals surface area contributed by atoms with Gasteiger partial charge in [0.25, 0.3) is 0 Å². The summed E-state index contributed by atoms with van der Waals surface area (Å²) in [5.41, 5.74) is 5.19. The van der Waals surface area contributed by atoms with Gasteiger partial charge in [0.2, 0.25) is 11.8 Å². The molecule has 0 spiro atoms. The number of carbonyl (C=O) groups is 2. The Kier molecular flexibility index (Phi) is 8.30. The van der Waals surface area contributed by atoms with Gasteiger partial charge in [-0.3, -0.25) is 9.59 Å². The highest BCUT2D eigenvalue weighted by Crippen LogP contribution is 2.18. The highest BCUT2D eigenvalue weighted by atomic mass is 16.2. The van der Waals surface area contributed by atoms with Crippen LogP contribution in [0.25, 0.3) is 0 Å². The number of unbranched alkanes of at least 4 members (excludes halogenated alkanes) is 1. The summed E-state index contributed by atoms with van der Waals surface area (Å²) in [6.07, 6.45) is 4.57. The van der Waals surface area contributed by atoms with Crippen molar-refractivity contribution in [2.75, 3.05) is 46.3 Å². The first-order valence-corrected chi connectivity index (χ1v) is 7.99. The third-order valence-corrected chi connectivity index (χ3v) is 4.05. The van der Waals surface area contributed by atoms with Crippen LogP contribution in [0.15, 0.2) is 0 Å². The van der Waals surface area contributed by atoms with Crippen LogP contribution < -0.4 is 11.1 Å². The molecule has 1 saturated heterocycles. The minimum atomic E-state index is -0.282. The van der Waals surface area contributed by atoms with Crippen molar-refractivity contribution < 1.29 is 9.59 Å². The molecule has 6 heteroatoms. The Morgan fingerprint density at radius 3 is 2.57 bits per heavy atom. The molecule has 0 aromatic heterocycles. The van der Waals surface area contributed by atoms with Crippen LogP contribution in [0.1, 0.15) is 32.6 Å². The van der Waals surface area contributed by atoms with Gasteiger partial charge < -0.3 is 20.9 Å². The number of nitrogens with two attached hydrogens (primary N) is 1. The molecule has 0 bridgehead atoms. The van der Waals surface area contributed by atoms with Crippen molar-refractivity contribution in [1.82, 2.24) is 15.1 Å². The molecular weight excluding hydrogens is 268 g/mol. The van der Waals surface area contributed by atoms with Crippen molar-refractivity contribution in [2.24, 2.45) is 11.7 Å². The van der Waals surface area contributed by atoms with Gasteiger partial charge in [-0.15, -0.1) is 0 Å². The third-order valence-electron chi connectivity index (χ3n) is 4.05. The lowest BCUT2D eigenvalue weighted by molar-refractivity contribution is -0.133. The van der Waals surface area contributed by atoms with E-state index < -0.39 is 0 Å². The predicted octanol–water partition coefficient (Wildman–Crippen LogP) is 0.0318. The fraction of sp³-hybridized carbons (Fsp3) is 0.867. The highest BCUT2D eigenvalue weighted by molar-refractivity contribution is 5.85. The molecule has 0 aromatic rings. The number of rotatable bonds is 8. The number of piperidine rings is 1. The van der Waals surface area contributed by atoms with Gasteiger partial charge in [0, 0.05) is 19.6 Å². The fourth-order valence-corrected chi connectivity index (χ4v) is 2.68. The highest BCUT2D eigenvalue weighted by Gasteiger charge is 2.23. The normalized spacial score (nSPS) is 16.3. The van der Waals surface area contributed by atoms with Crippen LogP contribution in [0.5, 0.6) is 0 Å². The van der Waals surface area contributed by atoms with E-state index >= 15 is 0 Å². The van der Waals surface area contributed by atoms with Gasteiger partial charge in [0.15, 0.2) is 0 Å². The number of likely N-dealkylation sites (tertiary alicyclic amines) is 1. The molecule has 0 aliphatic carbocycles. The maximum absolute atomic E-state index is 11.9. The Hall–Kier alpha value is -1.14. The largest absolute Gasteiger partial charge is 0.346 e. The number of nitrogens with zero attached hydrogens (tertiary/aromatic N) is 2. The maximum Gasteiger partial charge on any atom is 0.241 e. The lowest BCUT2D eigenvalue weighted by atomic mass is 9.96. The van der Waals surface area contributed by atoms with E-state index in [-0.39, 0.29) is 24.9 Å². The molecule has 0 saturated carbocycles. The Balaban J connectivity index is 2.22. The number of nitrogens with one attached hydrogen (secondary N) is 1. The second-order valence-corrected chi connectivity index (χ2v) is 5.92. The van der Waals surface area contributed by atoms with Crippen molar-refractivity contribution in [1.29, 1.82) is 0 Å². The van der Waals surface area contributed by atoms with Gasteiger partial charge in [-0.2, -0.15) is 0 Å². The third kappa shape index (κ3) is 6.91. The van der Waals surface area contributed by atoms with Crippen molar-refractivity contribution in [2.45, 2.75) is 32.6 Å². The smallest absolute Gasteiger partial charge is 0.241 e. The van der Waals surface area contributed by atoms with E-state index in [9.17, 15) is 9.59 Å². The molecule has 122 valence electrons. The number of carbonyl (C=O) groups excluding carboxylic acids is 2. The van der Waals surface area contributed by atoms with Gasteiger partial charge >= 0.3 is 0 Å². The zero-order chi connectivity index (χ0) is 15.7. The van der Waals surface area contributed by atoms with Crippen LogP contribution in [0.3, 0.4) is 0 Å². The molecule has 1 heterocycles. The summed E-state index contributed by atoms with van der Waals surface area (Å²) in [5, 5.41) is 2.53. The summed E-state index contributed by atoms with van der Waals surface area (Å²) in [6.45, 7) is 6.07. The molecular formula is C15H30N4O2. The minimum Gasteiger partial charge on any atom is -0.346 e. The van der Waals surface area contributed by atoms with E-state index in [0.717, 1.165) is 39.0 Å². The quantitative estimate of drug-likeness (QED) is 0.663. The molecule has 1 aliphatic heterocycles. The molecule has 0 aromatic carbocycles. The second-order valence-electron chi connectivity index (χ2n) is 5.92. The van der Waals surface area contributed by atoms with Crippen molar-refractivity contribution in [3.05, 3.63) is 0 Å². The Labute approximate surface area is 128 Å². The molecule has 2 amide bonds. The van der Waals surface area contributed by atoms with Crippen molar-refractivity contribution in [3.63, 3.8) is 0 Å². The van der Waals surface area contributed by atoms with E-state index in [4.69, 9.17) is 5.73 Å². The van der Waals surface area contributed by atoms with Gasteiger partial charge in [-0.25, -0.2) is 0 Å².